The van der Waals surface area contributed by atoms with Crippen LogP contribution in [0.15, 0.2) is 30.3 Å². The number of hydrazine groups is 1. The molecule has 0 saturated carbocycles. The standard InChI is InChI=1S/C11H16N2O2S/c14-16(15,12-13-8-4-5-9-13)10-11-6-2-1-3-7-11/h1-3,6-7,12H,4-5,8-10H2. The first-order chi connectivity index (χ1) is 7.66. The van der Waals surface area contributed by atoms with E-state index in [0.717, 1.165) is 31.5 Å². The Kier molecular flexibility index (Phi) is 3.58. The molecule has 0 radical (unpaired) electrons. The molecular formula is C11H16N2O2S. The summed E-state index contributed by atoms with van der Waals surface area (Å²) in [5.74, 6) is 0.0460. The fourth-order valence-corrected chi connectivity index (χ4v) is 3.10. The number of rotatable bonds is 4. The van der Waals surface area contributed by atoms with Gasteiger partial charge in [0.2, 0.25) is 10.0 Å². The first-order valence-corrected chi connectivity index (χ1v) is 7.10. The summed E-state index contributed by atoms with van der Waals surface area (Å²) in [6, 6.07) is 9.22. The zero-order chi connectivity index (χ0) is 11.4. The smallest absolute Gasteiger partial charge is 0.228 e. The topological polar surface area (TPSA) is 49.4 Å². The molecule has 0 aromatic heterocycles. The Bertz CT molecular complexity index is 425. The summed E-state index contributed by atoms with van der Waals surface area (Å²) in [5.41, 5.74) is 0.814. The van der Waals surface area contributed by atoms with Crippen LogP contribution < -0.4 is 4.83 Å². The van der Waals surface area contributed by atoms with E-state index in [9.17, 15) is 8.42 Å². The highest BCUT2D eigenvalue weighted by Gasteiger charge is 2.18. The number of hydrogen-bond acceptors (Lipinski definition) is 3. The maximum absolute atomic E-state index is 11.8. The van der Waals surface area contributed by atoms with Crippen LogP contribution >= 0.6 is 0 Å². The van der Waals surface area contributed by atoms with Gasteiger partial charge in [0.25, 0.3) is 0 Å². The van der Waals surface area contributed by atoms with Crippen LogP contribution in [-0.2, 0) is 15.8 Å². The Morgan fingerprint density at radius 3 is 2.38 bits per heavy atom. The monoisotopic (exact) mass is 240 g/mol. The quantitative estimate of drug-likeness (QED) is 0.858. The van der Waals surface area contributed by atoms with Crippen molar-refractivity contribution in [3.8, 4) is 0 Å². The van der Waals surface area contributed by atoms with Gasteiger partial charge in [0.1, 0.15) is 0 Å². The molecule has 0 spiro atoms. The van der Waals surface area contributed by atoms with Crippen LogP contribution in [0.1, 0.15) is 18.4 Å². The van der Waals surface area contributed by atoms with E-state index in [-0.39, 0.29) is 5.75 Å². The molecular weight excluding hydrogens is 224 g/mol. The number of nitrogens with one attached hydrogen (secondary N) is 1. The second kappa shape index (κ2) is 4.95. The van der Waals surface area contributed by atoms with Crippen LogP contribution in [0.4, 0.5) is 0 Å². The molecule has 1 fully saturated rings. The minimum Gasteiger partial charge on any atom is -0.231 e. The minimum atomic E-state index is -3.24. The molecule has 0 amide bonds. The summed E-state index contributed by atoms with van der Waals surface area (Å²) in [6.45, 7) is 1.63. The fraction of sp³-hybridized carbons (Fsp3) is 0.455. The Hall–Kier alpha value is -0.910. The van der Waals surface area contributed by atoms with E-state index < -0.39 is 10.0 Å². The highest BCUT2D eigenvalue weighted by Crippen LogP contribution is 2.08. The van der Waals surface area contributed by atoms with Crippen molar-refractivity contribution >= 4 is 10.0 Å². The molecule has 1 aromatic carbocycles. The van der Waals surface area contributed by atoms with Gasteiger partial charge in [-0.05, 0) is 18.4 Å². The van der Waals surface area contributed by atoms with Gasteiger partial charge in [0.15, 0.2) is 0 Å². The summed E-state index contributed by atoms with van der Waals surface area (Å²) >= 11 is 0. The fourth-order valence-electron chi connectivity index (χ4n) is 1.83. The van der Waals surface area contributed by atoms with Crippen molar-refractivity contribution in [1.29, 1.82) is 0 Å². The minimum absolute atomic E-state index is 0.0460. The third kappa shape index (κ3) is 3.30. The molecule has 1 heterocycles. The molecule has 1 aromatic rings. The SMILES string of the molecule is O=S(=O)(Cc1ccccc1)NN1CCCC1. The second-order valence-corrected chi connectivity index (χ2v) is 5.73. The third-order valence-corrected chi connectivity index (χ3v) is 3.82. The summed E-state index contributed by atoms with van der Waals surface area (Å²) in [5, 5.41) is 1.78. The molecule has 1 aliphatic rings. The van der Waals surface area contributed by atoms with E-state index >= 15 is 0 Å². The van der Waals surface area contributed by atoms with Gasteiger partial charge < -0.3 is 0 Å². The van der Waals surface area contributed by atoms with E-state index in [4.69, 9.17) is 0 Å². The van der Waals surface area contributed by atoms with Gasteiger partial charge in [-0.3, -0.25) is 0 Å². The number of hydrogen-bond donors (Lipinski definition) is 1. The summed E-state index contributed by atoms with van der Waals surface area (Å²) in [6.07, 6.45) is 2.13. The predicted molar refractivity (Wildman–Crippen MR) is 63.0 cm³/mol. The molecule has 5 heteroatoms. The molecule has 0 aliphatic carbocycles. The molecule has 1 N–H and O–H groups in total. The average Bonchev–Trinajstić information content (AvgIpc) is 2.70. The van der Waals surface area contributed by atoms with Crippen LogP contribution in [0.2, 0.25) is 0 Å². The second-order valence-electron chi connectivity index (χ2n) is 4.03. The Morgan fingerprint density at radius 2 is 1.75 bits per heavy atom. The van der Waals surface area contributed by atoms with E-state index in [1.165, 1.54) is 0 Å². The zero-order valence-electron chi connectivity index (χ0n) is 9.09. The average molecular weight is 240 g/mol. The largest absolute Gasteiger partial charge is 0.231 e. The lowest BCUT2D eigenvalue weighted by molar-refractivity contribution is 0.300. The maximum Gasteiger partial charge on any atom is 0.228 e. The predicted octanol–water partition coefficient (Wildman–Crippen LogP) is 1.12. The van der Waals surface area contributed by atoms with Crippen molar-refractivity contribution in [1.82, 2.24) is 9.84 Å². The summed E-state index contributed by atoms with van der Waals surface area (Å²) < 4.78 is 23.6. The molecule has 0 bridgehead atoms. The van der Waals surface area contributed by atoms with Gasteiger partial charge in [-0.2, -0.15) is 0 Å². The van der Waals surface area contributed by atoms with E-state index in [1.807, 2.05) is 30.3 Å². The van der Waals surface area contributed by atoms with Crippen LogP contribution in [0.5, 0.6) is 0 Å². The van der Waals surface area contributed by atoms with Crippen molar-refractivity contribution in [2.75, 3.05) is 13.1 Å². The molecule has 88 valence electrons. The van der Waals surface area contributed by atoms with E-state index in [0.29, 0.717) is 0 Å². The Balaban J connectivity index is 1.97. The van der Waals surface area contributed by atoms with Gasteiger partial charge in [-0.15, -0.1) is 4.83 Å². The van der Waals surface area contributed by atoms with Crippen LogP contribution in [0.3, 0.4) is 0 Å². The van der Waals surface area contributed by atoms with E-state index in [2.05, 4.69) is 4.83 Å². The van der Waals surface area contributed by atoms with Crippen molar-refractivity contribution in [3.05, 3.63) is 35.9 Å². The first kappa shape index (κ1) is 11.6. The van der Waals surface area contributed by atoms with Gasteiger partial charge in [0.05, 0.1) is 5.75 Å². The molecule has 4 nitrogen and oxygen atoms in total. The highest BCUT2D eigenvalue weighted by molar-refractivity contribution is 7.88. The lowest BCUT2D eigenvalue weighted by Crippen LogP contribution is -2.40. The van der Waals surface area contributed by atoms with Gasteiger partial charge in [-0.1, -0.05) is 30.3 Å². The Morgan fingerprint density at radius 1 is 1.12 bits per heavy atom. The van der Waals surface area contributed by atoms with Gasteiger partial charge in [-0.25, -0.2) is 13.4 Å². The molecule has 1 aliphatic heterocycles. The zero-order valence-corrected chi connectivity index (χ0v) is 9.91. The van der Waals surface area contributed by atoms with Crippen LogP contribution in [0.25, 0.3) is 0 Å². The first-order valence-electron chi connectivity index (χ1n) is 5.45. The van der Waals surface area contributed by atoms with Crippen molar-refractivity contribution in [3.63, 3.8) is 0 Å². The van der Waals surface area contributed by atoms with Crippen molar-refractivity contribution < 1.29 is 8.42 Å². The molecule has 0 atom stereocenters. The van der Waals surface area contributed by atoms with Crippen molar-refractivity contribution in [2.45, 2.75) is 18.6 Å². The highest BCUT2D eigenvalue weighted by atomic mass is 32.2. The molecule has 0 unspecified atom stereocenters. The lowest BCUT2D eigenvalue weighted by atomic mass is 10.2. The number of benzene rings is 1. The summed E-state index contributed by atoms with van der Waals surface area (Å²) in [7, 11) is -3.24. The third-order valence-electron chi connectivity index (χ3n) is 2.57. The van der Waals surface area contributed by atoms with Crippen LogP contribution in [0, 0.1) is 0 Å². The van der Waals surface area contributed by atoms with Crippen molar-refractivity contribution in [2.24, 2.45) is 0 Å². The van der Waals surface area contributed by atoms with Gasteiger partial charge in [0, 0.05) is 13.1 Å². The Labute approximate surface area is 96.3 Å². The maximum atomic E-state index is 11.8. The van der Waals surface area contributed by atoms with Crippen LogP contribution in [-0.4, -0.2) is 26.5 Å². The number of nitrogens with zero attached hydrogens (tertiary/aromatic N) is 1. The lowest BCUT2D eigenvalue weighted by Gasteiger charge is -2.16. The molecule has 16 heavy (non-hydrogen) atoms. The van der Waals surface area contributed by atoms with E-state index in [1.54, 1.807) is 5.01 Å². The normalized spacial score (nSPS) is 17.8. The molecule has 1 saturated heterocycles. The number of sulfonamides is 1. The van der Waals surface area contributed by atoms with Gasteiger partial charge >= 0.3 is 0 Å². The summed E-state index contributed by atoms with van der Waals surface area (Å²) in [4.78, 5) is 2.61. The molecule has 2 rings (SSSR count).